The molecule has 2 heterocycles. The molecule has 1 aliphatic rings. The zero-order valence-electron chi connectivity index (χ0n) is 15.5. The number of nitrogens with zero attached hydrogens (tertiary/aromatic N) is 3. The fourth-order valence-corrected chi connectivity index (χ4v) is 3.34. The molecule has 0 fully saturated rings. The molecule has 2 aromatic rings. The lowest BCUT2D eigenvalue weighted by atomic mass is 10.1. The number of nitrogens with two attached hydrogens (primary N) is 1. The van der Waals surface area contributed by atoms with Gasteiger partial charge < -0.3 is 16.0 Å². The summed E-state index contributed by atoms with van der Waals surface area (Å²) in [5.74, 6) is 1.73. The predicted molar refractivity (Wildman–Crippen MR) is 103 cm³/mol. The number of anilines is 1. The third-order valence-corrected chi connectivity index (χ3v) is 4.89. The summed E-state index contributed by atoms with van der Waals surface area (Å²) in [6.07, 6.45) is 2.27. The molecule has 6 heteroatoms. The Kier molecular flexibility index (Phi) is 5.83. The van der Waals surface area contributed by atoms with E-state index >= 15 is 0 Å². The van der Waals surface area contributed by atoms with Crippen molar-refractivity contribution in [3.63, 3.8) is 0 Å². The van der Waals surface area contributed by atoms with Gasteiger partial charge in [0.25, 0.3) is 0 Å². The predicted octanol–water partition coefficient (Wildman–Crippen LogP) is 2.10. The van der Waals surface area contributed by atoms with Crippen molar-refractivity contribution in [2.45, 2.75) is 39.2 Å². The van der Waals surface area contributed by atoms with E-state index in [1.165, 1.54) is 5.56 Å². The van der Waals surface area contributed by atoms with Gasteiger partial charge in [-0.15, -0.1) is 0 Å². The van der Waals surface area contributed by atoms with Crippen LogP contribution >= 0.6 is 0 Å². The summed E-state index contributed by atoms with van der Waals surface area (Å²) < 4.78 is 0. The first kappa shape index (κ1) is 18.3. The molecule has 0 saturated carbocycles. The van der Waals surface area contributed by atoms with Crippen LogP contribution in [0.5, 0.6) is 0 Å². The van der Waals surface area contributed by atoms with Crippen molar-refractivity contribution in [1.29, 1.82) is 0 Å². The molecule has 1 atom stereocenters. The second-order valence-corrected chi connectivity index (χ2v) is 6.63. The fourth-order valence-electron chi connectivity index (χ4n) is 3.34. The molecule has 3 rings (SSSR count). The number of amides is 1. The van der Waals surface area contributed by atoms with Gasteiger partial charge in [0.2, 0.25) is 5.91 Å². The van der Waals surface area contributed by atoms with Crippen molar-refractivity contribution >= 4 is 11.7 Å². The summed E-state index contributed by atoms with van der Waals surface area (Å²) in [6.45, 7) is 5.57. The van der Waals surface area contributed by atoms with Crippen molar-refractivity contribution < 1.29 is 4.79 Å². The van der Waals surface area contributed by atoms with E-state index < -0.39 is 0 Å². The highest BCUT2D eigenvalue weighted by Gasteiger charge is 2.22. The second-order valence-electron chi connectivity index (χ2n) is 6.63. The first-order chi connectivity index (χ1) is 12.6. The van der Waals surface area contributed by atoms with Gasteiger partial charge >= 0.3 is 0 Å². The Labute approximate surface area is 154 Å². The topological polar surface area (TPSA) is 84.1 Å². The van der Waals surface area contributed by atoms with Gasteiger partial charge in [-0.25, -0.2) is 9.97 Å². The fraction of sp³-hybridized carbons (Fsp3) is 0.450. The minimum absolute atomic E-state index is 0.00589. The van der Waals surface area contributed by atoms with Gasteiger partial charge in [0, 0.05) is 37.5 Å². The summed E-state index contributed by atoms with van der Waals surface area (Å²) in [6, 6.07) is 10.5. The van der Waals surface area contributed by atoms with Crippen LogP contribution < -0.4 is 11.1 Å². The van der Waals surface area contributed by atoms with Gasteiger partial charge in [-0.05, 0) is 18.9 Å². The maximum Gasteiger partial charge on any atom is 0.236 e. The molecule has 1 aromatic carbocycles. The number of carbonyl (C=O) groups excluding carboxylic acids is 1. The zero-order chi connectivity index (χ0) is 18.5. The third kappa shape index (κ3) is 4.02. The average Bonchev–Trinajstić information content (AvgIpc) is 2.90. The minimum Gasteiger partial charge on any atom is -0.363 e. The molecule has 6 nitrogen and oxygen atoms in total. The number of aryl methyl sites for hydroxylation is 1. The lowest BCUT2D eigenvalue weighted by Crippen LogP contribution is -2.37. The van der Waals surface area contributed by atoms with E-state index in [0.717, 1.165) is 42.2 Å². The molecule has 0 radical (unpaired) electrons. The Balaban J connectivity index is 1.88. The van der Waals surface area contributed by atoms with Gasteiger partial charge in [0.15, 0.2) is 0 Å². The van der Waals surface area contributed by atoms with Crippen molar-refractivity contribution in [2.75, 3.05) is 25.0 Å². The molecule has 138 valence electrons. The van der Waals surface area contributed by atoms with Gasteiger partial charge in [-0.3, -0.25) is 4.79 Å². The maximum atomic E-state index is 12.0. The molecule has 0 unspecified atom stereocenters. The van der Waals surface area contributed by atoms with Crippen LogP contribution in [0.1, 0.15) is 42.5 Å². The van der Waals surface area contributed by atoms with E-state index in [2.05, 4.69) is 31.3 Å². The van der Waals surface area contributed by atoms with E-state index in [0.29, 0.717) is 13.1 Å². The SMILES string of the molecule is CCc1nc2c(c(N[C@H](C)c3ccccc3)n1)CCN(C(=O)CN)CC2. The Morgan fingerprint density at radius 3 is 2.65 bits per heavy atom. The Bertz CT molecular complexity index is 762. The number of rotatable bonds is 5. The Morgan fingerprint density at radius 2 is 1.96 bits per heavy atom. The molecular weight excluding hydrogens is 326 g/mol. The smallest absolute Gasteiger partial charge is 0.236 e. The van der Waals surface area contributed by atoms with Crippen molar-refractivity contribution in [1.82, 2.24) is 14.9 Å². The summed E-state index contributed by atoms with van der Waals surface area (Å²) in [7, 11) is 0. The average molecular weight is 353 g/mol. The quantitative estimate of drug-likeness (QED) is 0.860. The molecule has 3 N–H and O–H groups in total. The van der Waals surface area contributed by atoms with E-state index in [1.54, 1.807) is 0 Å². The van der Waals surface area contributed by atoms with E-state index in [1.807, 2.05) is 23.1 Å². The second kappa shape index (κ2) is 8.27. The summed E-state index contributed by atoms with van der Waals surface area (Å²) in [5, 5.41) is 3.57. The molecule has 1 aliphatic heterocycles. The highest BCUT2D eigenvalue weighted by atomic mass is 16.2. The number of nitrogens with one attached hydrogen (secondary N) is 1. The summed E-state index contributed by atoms with van der Waals surface area (Å²) >= 11 is 0. The first-order valence-electron chi connectivity index (χ1n) is 9.30. The minimum atomic E-state index is -0.00589. The number of benzene rings is 1. The van der Waals surface area contributed by atoms with Gasteiger partial charge in [-0.1, -0.05) is 37.3 Å². The van der Waals surface area contributed by atoms with Crippen LogP contribution in [0.25, 0.3) is 0 Å². The molecule has 1 aromatic heterocycles. The van der Waals surface area contributed by atoms with Crippen molar-refractivity contribution in [3.8, 4) is 0 Å². The van der Waals surface area contributed by atoms with Crippen LogP contribution in [0.4, 0.5) is 5.82 Å². The van der Waals surface area contributed by atoms with Crippen LogP contribution in [-0.2, 0) is 24.1 Å². The number of aromatic nitrogens is 2. The normalized spacial score (nSPS) is 15.1. The lowest BCUT2D eigenvalue weighted by molar-refractivity contribution is -0.129. The number of fused-ring (bicyclic) bond motifs is 1. The number of hydrogen-bond donors (Lipinski definition) is 2. The molecule has 0 spiro atoms. The highest BCUT2D eigenvalue weighted by Crippen LogP contribution is 2.25. The number of hydrogen-bond acceptors (Lipinski definition) is 5. The molecule has 0 aliphatic carbocycles. The van der Waals surface area contributed by atoms with Crippen LogP contribution in [-0.4, -0.2) is 40.4 Å². The van der Waals surface area contributed by atoms with Crippen molar-refractivity contribution in [3.05, 3.63) is 53.0 Å². The lowest BCUT2D eigenvalue weighted by Gasteiger charge is -2.20. The number of carbonyl (C=O) groups is 1. The zero-order valence-corrected chi connectivity index (χ0v) is 15.5. The molecule has 1 amide bonds. The molecular formula is C20H27N5O. The third-order valence-electron chi connectivity index (χ3n) is 4.89. The molecule has 26 heavy (non-hydrogen) atoms. The molecule has 0 saturated heterocycles. The van der Waals surface area contributed by atoms with E-state index in [-0.39, 0.29) is 18.5 Å². The first-order valence-corrected chi connectivity index (χ1v) is 9.30. The van der Waals surface area contributed by atoms with Crippen LogP contribution in [0.15, 0.2) is 30.3 Å². The van der Waals surface area contributed by atoms with Crippen LogP contribution in [0, 0.1) is 0 Å². The monoisotopic (exact) mass is 353 g/mol. The van der Waals surface area contributed by atoms with Crippen LogP contribution in [0.3, 0.4) is 0 Å². The summed E-state index contributed by atoms with van der Waals surface area (Å²) in [5.41, 5.74) is 8.92. The maximum absolute atomic E-state index is 12.0. The van der Waals surface area contributed by atoms with E-state index in [9.17, 15) is 4.79 Å². The van der Waals surface area contributed by atoms with Gasteiger partial charge in [-0.2, -0.15) is 0 Å². The largest absolute Gasteiger partial charge is 0.363 e. The Hall–Kier alpha value is -2.47. The van der Waals surface area contributed by atoms with E-state index in [4.69, 9.17) is 15.7 Å². The summed E-state index contributed by atoms with van der Waals surface area (Å²) in [4.78, 5) is 23.3. The highest BCUT2D eigenvalue weighted by molar-refractivity contribution is 5.78. The van der Waals surface area contributed by atoms with Crippen LogP contribution in [0.2, 0.25) is 0 Å². The Morgan fingerprint density at radius 1 is 1.23 bits per heavy atom. The van der Waals surface area contributed by atoms with Gasteiger partial charge in [0.1, 0.15) is 11.6 Å². The standard InChI is InChI=1S/C20H27N5O/c1-3-18-23-17-10-12-25(19(26)13-21)11-9-16(17)20(24-18)22-14(2)15-7-5-4-6-8-15/h4-8,14H,3,9-13,21H2,1-2H3,(H,22,23,24)/t14-/m1/s1. The molecule has 0 bridgehead atoms. The van der Waals surface area contributed by atoms with Gasteiger partial charge in [0.05, 0.1) is 12.2 Å². The van der Waals surface area contributed by atoms with Crippen molar-refractivity contribution in [2.24, 2.45) is 5.73 Å².